The van der Waals surface area contributed by atoms with E-state index in [2.05, 4.69) is 0 Å². The van der Waals surface area contributed by atoms with Crippen molar-refractivity contribution in [2.24, 2.45) is 0 Å². The number of methoxy groups -OCH3 is 1. The van der Waals surface area contributed by atoms with Crippen LogP contribution in [0.4, 0.5) is 0 Å². The first-order chi connectivity index (χ1) is 8.27. The predicted octanol–water partition coefficient (Wildman–Crippen LogP) is 1.42. The Morgan fingerprint density at radius 2 is 1.56 bits per heavy atom. The van der Waals surface area contributed by atoms with E-state index in [4.69, 9.17) is 15.4 Å². The van der Waals surface area contributed by atoms with Crippen LogP contribution in [0, 0.1) is 0 Å². The molecule has 0 bridgehead atoms. The van der Waals surface area contributed by atoms with Gasteiger partial charge in [0.25, 0.3) is 9.05 Å². The molecule has 0 aliphatic carbocycles. The molecule has 5 nitrogen and oxygen atoms in total. The lowest BCUT2D eigenvalue weighted by atomic mass is 10.4. The summed E-state index contributed by atoms with van der Waals surface area (Å²) >= 11 is 0. The van der Waals surface area contributed by atoms with Gasteiger partial charge in [-0.05, 0) is 30.7 Å². The zero-order valence-corrected chi connectivity index (χ0v) is 12.1. The van der Waals surface area contributed by atoms with E-state index in [-0.39, 0.29) is 15.5 Å². The zero-order valence-electron chi connectivity index (χ0n) is 9.67. The zero-order chi connectivity index (χ0) is 13.8. The lowest BCUT2D eigenvalue weighted by molar-refractivity contribution is 0.199. The van der Waals surface area contributed by atoms with Crippen molar-refractivity contribution >= 4 is 29.6 Å². The quantitative estimate of drug-likeness (QED) is 0.586. The van der Waals surface area contributed by atoms with Gasteiger partial charge in [0.05, 0.1) is 15.5 Å². The Bertz CT molecular complexity index is 590. The van der Waals surface area contributed by atoms with Crippen molar-refractivity contribution in [3.05, 3.63) is 24.3 Å². The van der Waals surface area contributed by atoms with Crippen molar-refractivity contribution in [2.45, 2.75) is 16.2 Å². The average molecular weight is 313 g/mol. The van der Waals surface area contributed by atoms with E-state index in [9.17, 15) is 16.8 Å². The van der Waals surface area contributed by atoms with Crippen molar-refractivity contribution in [1.29, 1.82) is 0 Å². The number of hydrogen-bond acceptors (Lipinski definition) is 5. The Balaban J connectivity index is 2.91. The highest BCUT2D eigenvalue weighted by Crippen LogP contribution is 2.18. The average Bonchev–Trinajstić information content (AvgIpc) is 2.28. The van der Waals surface area contributed by atoms with Gasteiger partial charge in [0, 0.05) is 24.4 Å². The van der Waals surface area contributed by atoms with Crippen LogP contribution in [0.2, 0.25) is 0 Å². The van der Waals surface area contributed by atoms with Gasteiger partial charge in [-0.15, -0.1) is 0 Å². The second-order valence-corrected chi connectivity index (χ2v) is 8.25. The molecule has 0 aromatic heterocycles. The van der Waals surface area contributed by atoms with E-state index in [1.54, 1.807) is 0 Å². The Kier molecular flexibility index (Phi) is 5.15. The molecular formula is C10H13ClO5S2. The molecule has 8 heteroatoms. The van der Waals surface area contributed by atoms with Crippen LogP contribution < -0.4 is 0 Å². The lowest BCUT2D eigenvalue weighted by Crippen LogP contribution is -2.09. The van der Waals surface area contributed by atoms with Crippen LogP contribution in [0.25, 0.3) is 0 Å². The minimum atomic E-state index is -3.83. The molecule has 0 atom stereocenters. The third kappa shape index (κ3) is 4.24. The van der Waals surface area contributed by atoms with Crippen LogP contribution in [0.5, 0.6) is 0 Å². The van der Waals surface area contributed by atoms with Crippen molar-refractivity contribution in [1.82, 2.24) is 0 Å². The van der Waals surface area contributed by atoms with Gasteiger partial charge < -0.3 is 4.74 Å². The predicted molar refractivity (Wildman–Crippen MR) is 68.0 cm³/mol. The third-order valence-corrected chi connectivity index (χ3v) is 5.41. The second-order valence-electron chi connectivity index (χ2n) is 3.57. The van der Waals surface area contributed by atoms with E-state index in [1.807, 2.05) is 0 Å². The van der Waals surface area contributed by atoms with Gasteiger partial charge in [0.1, 0.15) is 0 Å². The van der Waals surface area contributed by atoms with Crippen LogP contribution in [0.3, 0.4) is 0 Å². The Hall–Kier alpha value is -0.630. The van der Waals surface area contributed by atoms with Gasteiger partial charge in [-0.1, -0.05) is 0 Å². The summed E-state index contributed by atoms with van der Waals surface area (Å²) < 4.78 is 50.4. The molecule has 0 saturated heterocycles. The SMILES string of the molecule is COCCCS(=O)(=O)c1ccc(S(=O)(=O)Cl)cc1. The van der Waals surface area contributed by atoms with E-state index >= 15 is 0 Å². The second kappa shape index (κ2) is 6.01. The molecule has 18 heavy (non-hydrogen) atoms. The third-order valence-electron chi connectivity index (χ3n) is 2.23. The van der Waals surface area contributed by atoms with Crippen molar-refractivity contribution in [3.63, 3.8) is 0 Å². The van der Waals surface area contributed by atoms with Gasteiger partial charge in [0.2, 0.25) is 0 Å². The Morgan fingerprint density at radius 1 is 1.06 bits per heavy atom. The minimum Gasteiger partial charge on any atom is -0.385 e. The highest BCUT2D eigenvalue weighted by atomic mass is 35.7. The molecule has 1 aromatic carbocycles. The fourth-order valence-corrected chi connectivity index (χ4v) is 3.37. The maximum atomic E-state index is 11.8. The summed E-state index contributed by atoms with van der Waals surface area (Å²) in [4.78, 5) is -0.0531. The molecule has 0 radical (unpaired) electrons. The van der Waals surface area contributed by atoms with Crippen LogP contribution >= 0.6 is 10.7 Å². The summed E-state index contributed by atoms with van der Waals surface area (Å²) in [6.07, 6.45) is 0.383. The highest BCUT2D eigenvalue weighted by molar-refractivity contribution is 8.13. The van der Waals surface area contributed by atoms with Gasteiger partial charge in [0.15, 0.2) is 9.84 Å². The number of sulfone groups is 1. The van der Waals surface area contributed by atoms with Crippen LogP contribution in [0.15, 0.2) is 34.1 Å². The molecule has 0 unspecified atom stereocenters. The normalized spacial score (nSPS) is 12.6. The first kappa shape index (κ1) is 15.4. The maximum Gasteiger partial charge on any atom is 0.261 e. The fraction of sp³-hybridized carbons (Fsp3) is 0.400. The van der Waals surface area contributed by atoms with Crippen molar-refractivity contribution < 1.29 is 21.6 Å². The monoisotopic (exact) mass is 312 g/mol. The molecule has 0 saturated carbocycles. The van der Waals surface area contributed by atoms with E-state index in [1.165, 1.54) is 31.4 Å². The van der Waals surface area contributed by atoms with Gasteiger partial charge >= 0.3 is 0 Å². The number of ether oxygens (including phenoxy) is 1. The van der Waals surface area contributed by atoms with Crippen LogP contribution in [-0.4, -0.2) is 36.3 Å². The molecule has 0 heterocycles. The summed E-state index contributed by atoms with van der Waals surface area (Å²) in [5, 5.41) is 0. The van der Waals surface area contributed by atoms with Gasteiger partial charge in [-0.2, -0.15) is 0 Å². The Morgan fingerprint density at radius 3 is 2.00 bits per heavy atom. The van der Waals surface area contributed by atoms with E-state index < -0.39 is 18.9 Å². The van der Waals surface area contributed by atoms with Gasteiger partial charge in [-0.3, -0.25) is 0 Å². The van der Waals surface area contributed by atoms with Crippen molar-refractivity contribution in [2.75, 3.05) is 19.5 Å². The summed E-state index contributed by atoms with van der Waals surface area (Å²) in [5.41, 5.74) is 0. The molecule has 0 spiro atoms. The van der Waals surface area contributed by atoms with Crippen molar-refractivity contribution in [3.8, 4) is 0 Å². The lowest BCUT2D eigenvalue weighted by Gasteiger charge is -2.04. The number of hydrogen-bond donors (Lipinski definition) is 0. The summed E-state index contributed by atoms with van der Waals surface area (Å²) in [6.45, 7) is 0.355. The molecule has 0 aliphatic heterocycles. The first-order valence-electron chi connectivity index (χ1n) is 5.04. The molecular weight excluding hydrogens is 300 g/mol. The smallest absolute Gasteiger partial charge is 0.261 e. The number of rotatable bonds is 6. The fourth-order valence-electron chi connectivity index (χ4n) is 1.32. The standard InChI is InChI=1S/C10H13ClO5S2/c1-16-7-2-8-17(12,13)9-3-5-10(6-4-9)18(11,14)15/h3-6H,2,7-8H2,1H3. The number of halogens is 1. The molecule has 0 aliphatic rings. The van der Waals surface area contributed by atoms with Gasteiger partial charge in [-0.25, -0.2) is 16.8 Å². The molecule has 0 fully saturated rings. The minimum absolute atomic E-state index is 0.0478. The molecule has 0 N–H and O–H groups in total. The maximum absolute atomic E-state index is 11.8. The first-order valence-corrected chi connectivity index (χ1v) is 9.00. The van der Waals surface area contributed by atoms with Crippen LogP contribution in [-0.2, 0) is 23.6 Å². The molecule has 1 rings (SSSR count). The van der Waals surface area contributed by atoms with Crippen LogP contribution in [0.1, 0.15) is 6.42 Å². The summed E-state index contributed by atoms with van der Waals surface area (Å²) in [5.74, 6) is -0.0478. The topological polar surface area (TPSA) is 77.5 Å². The molecule has 102 valence electrons. The highest BCUT2D eigenvalue weighted by Gasteiger charge is 2.16. The summed E-state index contributed by atoms with van der Waals surface area (Å²) in [7, 11) is -0.615. The van der Waals surface area contributed by atoms with E-state index in [0.717, 1.165) is 0 Å². The largest absolute Gasteiger partial charge is 0.385 e. The van der Waals surface area contributed by atoms with E-state index in [0.29, 0.717) is 13.0 Å². The Labute approximate surface area is 111 Å². The number of benzene rings is 1. The summed E-state index contributed by atoms with van der Waals surface area (Å²) in [6, 6.07) is 4.81. The molecule has 0 amide bonds. The molecule has 1 aromatic rings.